The van der Waals surface area contributed by atoms with Gasteiger partial charge in [0.1, 0.15) is 0 Å². The van der Waals surface area contributed by atoms with Crippen LogP contribution in [-0.2, 0) is 0 Å². The third-order valence-corrected chi connectivity index (χ3v) is 5.62. The first-order valence-corrected chi connectivity index (χ1v) is 8.15. The molecule has 0 aromatic rings. The van der Waals surface area contributed by atoms with Crippen molar-refractivity contribution in [2.24, 2.45) is 17.8 Å². The summed E-state index contributed by atoms with van der Waals surface area (Å²) in [5, 5.41) is 4.02. The molecule has 0 amide bonds. The van der Waals surface area contributed by atoms with Crippen molar-refractivity contribution >= 4 is 0 Å². The first-order valence-electron chi connectivity index (χ1n) is 8.15. The Morgan fingerprint density at radius 2 is 1.56 bits per heavy atom. The number of piperidine rings is 1. The van der Waals surface area contributed by atoms with Crippen molar-refractivity contribution < 1.29 is 0 Å². The number of likely N-dealkylation sites (tertiary alicyclic amines) is 1. The molecule has 104 valence electrons. The smallest absolute Gasteiger partial charge is 0.0151 e. The highest BCUT2D eigenvalue weighted by Crippen LogP contribution is 2.38. The molecule has 3 fully saturated rings. The van der Waals surface area contributed by atoms with Gasteiger partial charge < -0.3 is 10.2 Å². The molecule has 2 nitrogen and oxygen atoms in total. The van der Waals surface area contributed by atoms with Crippen LogP contribution in [0.5, 0.6) is 0 Å². The monoisotopic (exact) mass is 250 g/mol. The second-order valence-electron chi connectivity index (χ2n) is 7.32. The lowest BCUT2D eigenvalue weighted by Gasteiger charge is -2.50. The topological polar surface area (TPSA) is 15.3 Å². The molecule has 0 spiro atoms. The Balaban J connectivity index is 1.63. The zero-order valence-electron chi connectivity index (χ0n) is 12.4. The van der Waals surface area contributed by atoms with Crippen LogP contribution in [0.15, 0.2) is 0 Å². The van der Waals surface area contributed by atoms with Crippen LogP contribution in [-0.4, -0.2) is 36.1 Å². The van der Waals surface area contributed by atoms with Gasteiger partial charge >= 0.3 is 0 Å². The molecule has 18 heavy (non-hydrogen) atoms. The van der Waals surface area contributed by atoms with E-state index in [1.165, 1.54) is 45.2 Å². The van der Waals surface area contributed by atoms with Gasteiger partial charge in [0, 0.05) is 31.2 Å². The fraction of sp³-hybridized carbons (Fsp3) is 1.00. The van der Waals surface area contributed by atoms with Crippen LogP contribution in [0.1, 0.15) is 52.9 Å². The first kappa shape index (κ1) is 12.9. The standard InChI is InChI=1S/C16H30N2/c1-11(2)18-9-14-5-4-6-15(10-18)16(14)17-12(3)13-7-8-13/h11-17H,4-10H2,1-3H3. The van der Waals surface area contributed by atoms with Crippen LogP contribution < -0.4 is 5.32 Å². The van der Waals surface area contributed by atoms with E-state index in [9.17, 15) is 0 Å². The van der Waals surface area contributed by atoms with Crippen LogP contribution in [0.3, 0.4) is 0 Å². The van der Waals surface area contributed by atoms with Crippen LogP contribution in [0.2, 0.25) is 0 Å². The normalized spacial score (nSPS) is 39.0. The largest absolute Gasteiger partial charge is 0.311 e. The summed E-state index contributed by atoms with van der Waals surface area (Å²) in [7, 11) is 0. The van der Waals surface area contributed by atoms with Crippen molar-refractivity contribution in [1.29, 1.82) is 0 Å². The van der Waals surface area contributed by atoms with Crippen molar-refractivity contribution in [3.05, 3.63) is 0 Å². The van der Waals surface area contributed by atoms with Crippen LogP contribution in [0, 0.1) is 17.8 Å². The van der Waals surface area contributed by atoms with Gasteiger partial charge in [-0.1, -0.05) is 6.42 Å². The molecule has 3 rings (SSSR count). The van der Waals surface area contributed by atoms with Gasteiger partial charge in [-0.2, -0.15) is 0 Å². The highest BCUT2D eigenvalue weighted by atomic mass is 15.2. The van der Waals surface area contributed by atoms with Gasteiger partial charge in [0.2, 0.25) is 0 Å². The highest BCUT2D eigenvalue weighted by Gasteiger charge is 2.41. The Hall–Kier alpha value is -0.0800. The number of nitrogens with zero attached hydrogens (tertiary/aromatic N) is 1. The maximum absolute atomic E-state index is 4.02. The van der Waals surface area contributed by atoms with Crippen molar-refractivity contribution in [3.63, 3.8) is 0 Å². The molecule has 0 radical (unpaired) electrons. The molecule has 1 saturated heterocycles. The van der Waals surface area contributed by atoms with E-state index < -0.39 is 0 Å². The van der Waals surface area contributed by atoms with Gasteiger partial charge in [-0.15, -0.1) is 0 Å². The molecule has 2 saturated carbocycles. The van der Waals surface area contributed by atoms with Gasteiger partial charge in [0.15, 0.2) is 0 Å². The number of nitrogens with one attached hydrogen (secondary N) is 1. The highest BCUT2D eigenvalue weighted by molar-refractivity contribution is 4.98. The van der Waals surface area contributed by atoms with Crippen molar-refractivity contribution in [1.82, 2.24) is 10.2 Å². The lowest BCUT2D eigenvalue weighted by molar-refractivity contribution is 0.0247. The fourth-order valence-electron chi connectivity index (χ4n) is 4.20. The molecule has 3 unspecified atom stereocenters. The van der Waals surface area contributed by atoms with Crippen molar-refractivity contribution in [2.75, 3.05) is 13.1 Å². The lowest BCUT2D eigenvalue weighted by atomic mass is 9.73. The summed E-state index contributed by atoms with van der Waals surface area (Å²) >= 11 is 0. The van der Waals surface area contributed by atoms with Gasteiger partial charge in [0.05, 0.1) is 0 Å². The Bertz CT molecular complexity index is 271. The quantitative estimate of drug-likeness (QED) is 0.825. The summed E-state index contributed by atoms with van der Waals surface area (Å²) in [6, 6.07) is 2.32. The minimum absolute atomic E-state index is 0.731. The predicted molar refractivity (Wildman–Crippen MR) is 76.6 cm³/mol. The molecule has 1 heterocycles. The second-order valence-corrected chi connectivity index (χ2v) is 7.32. The van der Waals surface area contributed by atoms with Crippen molar-refractivity contribution in [3.8, 4) is 0 Å². The minimum atomic E-state index is 0.731. The Labute approximate surface area is 113 Å². The van der Waals surface area contributed by atoms with Crippen molar-refractivity contribution in [2.45, 2.75) is 71.0 Å². The van der Waals surface area contributed by atoms with Crippen LogP contribution in [0.25, 0.3) is 0 Å². The van der Waals surface area contributed by atoms with E-state index in [1.807, 2.05) is 0 Å². The number of hydrogen-bond donors (Lipinski definition) is 1. The average Bonchev–Trinajstić information content (AvgIpc) is 3.11. The Morgan fingerprint density at radius 1 is 0.944 bits per heavy atom. The summed E-state index contributed by atoms with van der Waals surface area (Å²) in [4.78, 5) is 2.72. The van der Waals surface area contributed by atoms with E-state index in [2.05, 4.69) is 31.0 Å². The molecule has 3 aliphatic rings. The average molecular weight is 250 g/mol. The summed E-state index contributed by atoms with van der Waals surface area (Å²) in [6.45, 7) is 9.81. The summed E-state index contributed by atoms with van der Waals surface area (Å²) in [5.74, 6) is 2.83. The summed E-state index contributed by atoms with van der Waals surface area (Å²) in [5.41, 5.74) is 0. The van der Waals surface area contributed by atoms with Gasteiger partial charge in [-0.25, -0.2) is 0 Å². The van der Waals surface area contributed by atoms with Gasteiger partial charge in [0.25, 0.3) is 0 Å². The van der Waals surface area contributed by atoms with E-state index in [4.69, 9.17) is 0 Å². The Morgan fingerprint density at radius 3 is 2.06 bits per heavy atom. The van der Waals surface area contributed by atoms with E-state index in [0.717, 1.165) is 35.9 Å². The van der Waals surface area contributed by atoms with E-state index in [0.29, 0.717) is 0 Å². The molecule has 2 aliphatic carbocycles. The van der Waals surface area contributed by atoms with E-state index >= 15 is 0 Å². The molecular formula is C16H30N2. The van der Waals surface area contributed by atoms with Gasteiger partial charge in [-0.3, -0.25) is 0 Å². The fourth-order valence-corrected chi connectivity index (χ4v) is 4.20. The number of hydrogen-bond acceptors (Lipinski definition) is 2. The third kappa shape index (κ3) is 2.60. The van der Waals surface area contributed by atoms with Crippen LogP contribution in [0.4, 0.5) is 0 Å². The van der Waals surface area contributed by atoms with E-state index in [1.54, 1.807) is 0 Å². The van der Waals surface area contributed by atoms with Gasteiger partial charge in [-0.05, 0) is 64.2 Å². The maximum Gasteiger partial charge on any atom is 0.0151 e. The molecule has 1 N–H and O–H groups in total. The SMILES string of the molecule is CC(NC1C2CCCC1CN(C(C)C)C2)C1CC1. The van der Waals surface area contributed by atoms with Crippen LogP contribution >= 0.6 is 0 Å². The molecule has 2 heteroatoms. The number of rotatable bonds is 4. The maximum atomic E-state index is 4.02. The molecular weight excluding hydrogens is 220 g/mol. The lowest BCUT2D eigenvalue weighted by Crippen LogP contribution is -2.59. The minimum Gasteiger partial charge on any atom is -0.311 e. The molecule has 0 aromatic carbocycles. The molecule has 0 aromatic heterocycles. The molecule has 1 aliphatic heterocycles. The summed E-state index contributed by atoms with van der Waals surface area (Å²) < 4.78 is 0. The third-order valence-electron chi connectivity index (χ3n) is 5.62. The zero-order valence-corrected chi connectivity index (χ0v) is 12.4. The predicted octanol–water partition coefficient (Wildman–Crippen LogP) is 2.88. The van der Waals surface area contributed by atoms with E-state index in [-0.39, 0.29) is 0 Å². The molecule has 2 bridgehead atoms. The Kier molecular flexibility index (Phi) is 3.68. The zero-order chi connectivity index (χ0) is 12.7. The summed E-state index contributed by atoms with van der Waals surface area (Å²) in [6.07, 6.45) is 7.31. The molecule has 3 atom stereocenters. The second kappa shape index (κ2) is 5.13. The number of fused-ring (bicyclic) bond motifs is 2. The first-order chi connectivity index (χ1) is 8.65.